The lowest BCUT2D eigenvalue weighted by atomic mass is 9.79. The lowest BCUT2D eigenvalue weighted by Crippen LogP contribution is -2.34. The molecule has 2 rings (SSSR count). The molecule has 0 amide bonds. The summed E-state index contributed by atoms with van der Waals surface area (Å²) < 4.78 is 12.2. The molecule has 0 aromatic heterocycles. The highest BCUT2D eigenvalue weighted by Gasteiger charge is 2.41. The van der Waals surface area contributed by atoms with Crippen LogP contribution in [0.2, 0.25) is 0 Å². The minimum atomic E-state index is -0.506. The van der Waals surface area contributed by atoms with Crippen molar-refractivity contribution in [1.29, 1.82) is 0 Å². The average Bonchev–Trinajstić information content (AvgIpc) is 2.48. The molecule has 1 heterocycles. The molecule has 0 aliphatic carbocycles. The molecule has 0 saturated heterocycles. The van der Waals surface area contributed by atoms with Gasteiger partial charge in [-0.25, -0.2) is 0 Å². The molecule has 1 aliphatic heterocycles. The first-order valence-electron chi connectivity index (χ1n) is 8.35. The van der Waals surface area contributed by atoms with E-state index in [1.165, 1.54) is 0 Å². The van der Waals surface area contributed by atoms with Crippen molar-refractivity contribution in [2.24, 2.45) is 0 Å². The number of halogens is 1. The van der Waals surface area contributed by atoms with Gasteiger partial charge in [-0.1, -0.05) is 41.5 Å². The molecule has 3 atom stereocenters. The van der Waals surface area contributed by atoms with Gasteiger partial charge in [0.25, 0.3) is 0 Å². The van der Waals surface area contributed by atoms with E-state index in [2.05, 4.69) is 0 Å². The normalized spacial score (nSPS) is 22.4. The maximum atomic E-state index is 12.9. The molecule has 1 aromatic carbocycles. The number of alkyl halides is 1. The van der Waals surface area contributed by atoms with Gasteiger partial charge >= 0.3 is 0 Å². The molecule has 1 unspecified atom stereocenters. The highest BCUT2D eigenvalue weighted by molar-refractivity contribution is 6.21. The second-order valence-electron chi connectivity index (χ2n) is 8.68. The Balaban J connectivity index is 2.92. The number of rotatable bonds is 0. The van der Waals surface area contributed by atoms with Crippen LogP contribution in [-0.2, 0) is 15.9 Å². The van der Waals surface area contributed by atoms with Crippen molar-refractivity contribution in [2.45, 2.75) is 83.8 Å². The maximum absolute atomic E-state index is 12.9. The molecule has 0 bridgehead atoms. The molecule has 4 nitrogen and oxygen atoms in total. The fourth-order valence-corrected chi connectivity index (χ4v) is 3.26. The van der Waals surface area contributed by atoms with E-state index in [0.29, 0.717) is 22.6 Å². The van der Waals surface area contributed by atoms with E-state index in [4.69, 9.17) is 21.1 Å². The molecule has 0 fully saturated rings. The minimum absolute atomic E-state index is 0.261. The van der Waals surface area contributed by atoms with E-state index < -0.39 is 16.6 Å². The molecule has 24 heavy (non-hydrogen) atoms. The van der Waals surface area contributed by atoms with E-state index in [1.54, 1.807) is 0 Å². The third-order valence-electron chi connectivity index (χ3n) is 4.34. The van der Waals surface area contributed by atoms with Crippen LogP contribution in [-0.4, -0.2) is 22.7 Å². The lowest BCUT2D eigenvalue weighted by Gasteiger charge is -2.30. The van der Waals surface area contributed by atoms with Gasteiger partial charge in [-0.2, -0.15) is 0 Å². The SMILES string of the molecule is C[C@H]1Oc2c(c(C(C)(C)C)c(O)c([O])c2C(C)(C)C)O[C@H](C)C1Cl. The smallest absolute Gasteiger partial charge is 0.228 e. The van der Waals surface area contributed by atoms with Crippen LogP contribution in [0.25, 0.3) is 0 Å². The first-order chi connectivity index (χ1) is 10.8. The molecular formula is C19H28ClO4. The van der Waals surface area contributed by atoms with Gasteiger partial charge in [0.1, 0.15) is 17.6 Å². The number of ether oxygens (including phenoxy) is 2. The quantitative estimate of drug-likeness (QED) is 0.643. The summed E-state index contributed by atoms with van der Waals surface area (Å²) in [4.78, 5) is 0. The van der Waals surface area contributed by atoms with Gasteiger partial charge in [0.15, 0.2) is 17.2 Å². The van der Waals surface area contributed by atoms with Gasteiger partial charge in [0.2, 0.25) is 5.75 Å². The van der Waals surface area contributed by atoms with E-state index in [-0.39, 0.29) is 23.3 Å². The second kappa shape index (κ2) is 5.91. The lowest BCUT2D eigenvalue weighted by molar-refractivity contribution is 0.172. The second-order valence-corrected chi connectivity index (χ2v) is 9.18. The van der Waals surface area contributed by atoms with Crippen molar-refractivity contribution >= 4 is 11.6 Å². The largest absolute Gasteiger partial charge is 0.504 e. The van der Waals surface area contributed by atoms with E-state index >= 15 is 0 Å². The number of fused-ring (bicyclic) bond motifs is 1. The summed E-state index contributed by atoms with van der Waals surface area (Å²) in [5.74, 6) is 0.190. The third kappa shape index (κ3) is 3.13. The van der Waals surface area contributed by atoms with Gasteiger partial charge in [-0.3, -0.25) is 5.11 Å². The highest BCUT2D eigenvalue weighted by atomic mass is 35.5. The van der Waals surface area contributed by atoms with E-state index in [1.807, 2.05) is 55.4 Å². The van der Waals surface area contributed by atoms with Crippen molar-refractivity contribution in [1.82, 2.24) is 0 Å². The standard InChI is InChI=1S/C19H28ClO4/c1-9-13(20)10(2)24-17-12(19(6,7)8)15(22)14(21)11(16(17)23-9)18(3,4)5/h9-10,13,21H,1-8H3/t9-,10-,13?/m1/s1. The van der Waals surface area contributed by atoms with Crippen molar-refractivity contribution in [3.05, 3.63) is 11.1 Å². The van der Waals surface area contributed by atoms with Crippen molar-refractivity contribution < 1.29 is 19.7 Å². The number of hydrogen-bond acceptors (Lipinski definition) is 3. The average molecular weight is 356 g/mol. The van der Waals surface area contributed by atoms with Crippen LogP contribution in [0, 0.1) is 0 Å². The zero-order valence-electron chi connectivity index (χ0n) is 15.8. The summed E-state index contributed by atoms with van der Waals surface area (Å²) in [5.41, 5.74) is -0.0939. The number of aromatic hydroxyl groups is 1. The highest BCUT2D eigenvalue weighted by Crippen LogP contribution is 2.56. The zero-order valence-corrected chi connectivity index (χ0v) is 16.5. The summed E-state index contributed by atoms with van der Waals surface area (Å²) in [6.07, 6.45) is -0.630. The molecule has 1 aliphatic rings. The Hall–Kier alpha value is -1.29. The summed E-state index contributed by atoms with van der Waals surface area (Å²) in [5, 5.41) is 23.2. The number of phenols is 1. The van der Waals surface area contributed by atoms with Crippen LogP contribution in [0.4, 0.5) is 0 Å². The van der Waals surface area contributed by atoms with Crippen LogP contribution < -0.4 is 9.47 Å². The summed E-state index contributed by atoms with van der Waals surface area (Å²) in [7, 11) is 0. The van der Waals surface area contributed by atoms with Gasteiger partial charge in [0, 0.05) is 5.56 Å². The first kappa shape index (κ1) is 19.0. The topological polar surface area (TPSA) is 58.6 Å². The predicted octanol–water partition coefficient (Wildman–Crippen LogP) is 5.29. The zero-order chi connectivity index (χ0) is 18.6. The molecular weight excluding hydrogens is 328 g/mol. The Kier molecular flexibility index (Phi) is 4.68. The molecule has 1 aromatic rings. The van der Waals surface area contributed by atoms with Crippen LogP contribution in [0.15, 0.2) is 0 Å². The minimum Gasteiger partial charge on any atom is -0.504 e. The Labute approximate surface area is 149 Å². The van der Waals surface area contributed by atoms with Crippen LogP contribution in [0.1, 0.15) is 66.5 Å². The van der Waals surface area contributed by atoms with Crippen molar-refractivity contribution in [2.75, 3.05) is 0 Å². The first-order valence-corrected chi connectivity index (χ1v) is 8.78. The molecule has 1 N–H and O–H groups in total. The molecule has 0 saturated carbocycles. The fourth-order valence-electron chi connectivity index (χ4n) is 3.15. The number of phenolic OH excluding ortho intramolecular Hbond substituents is 1. The third-order valence-corrected chi connectivity index (χ3v) is 5.05. The summed E-state index contributed by atoms with van der Waals surface area (Å²) >= 11 is 6.43. The van der Waals surface area contributed by atoms with E-state index in [9.17, 15) is 10.2 Å². The van der Waals surface area contributed by atoms with Crippen molar-refractivity contribution in [3.63, 3.8) is 0 Å². The molecule has 1 radical (unpaired) electrons. The van der Waals surface area contributed by atoms with Gasteiger partial charge in [0.05, 0.1) is 5.56 Å². The number of hydrogen-bond donors (Lipinski definition) is 1. The Bertz CT molecular complexity index is 585. The van der Waals surface area contributed by atoms with Gasteiger partial charge in [-0.15, -0.1) is 11.6 Å². The number of benzene rings is 1. The fraction of sp³-hybridized carbons (Fsp3) is 0.684. The maximum Gasteiger partial charge on any atom is 0.228 e. The van der Waals surface area contributed by atoms with Crippen LogP contribution >= 0.6 is 11.6 Å². The predicted molar refractivity (Wildman–Crippen MR) is 95.5 cm³/mol. The van der Waals surface area contributed by atoms with Gasteiger partial charge < -0.3 is 14.6 Å². The monoisotopic (exact) mass is 355 g/mol. The molecule has 135 valence electrons. The van der Waals surface area contributed by atoms with Gasteiger partial charge in [-0.05, 0) is 24.7 Å². The van der Waals surface area contributed by atoms with Crippen LogP contribution in [0.5, 0.6) is 23.0 Å². The Morgan fingerprint density at radius 3 is 1.62 bits per heavy atom. The Morgan fingerprint density at radius 1 is 0.875 bits per heavy atom. The van der Waals surface area contributed by atoms with Crippen molar-refractivity contribution in [3.8, 4) is 23.0 Å². The summed E-state index contributed by atoms with van der Waals surface area (Å²) in [6, 6.07) is 0. The molecule has 5 heteroatoms. The summed E-state index contributed by atoms with van der Waals surface area (Å²) in [6.45, 7) is 15.3. The Morgan fingerprint density at radius 2 is 1.25 bits per heavy atom. The molecule has 0 spiro atoms. The van der Waals surface area contributed by atoms with Crippen LogP contribution in [0.3, 0.4) is 0 Å². The van der Waals surface area contributed by atoms with E-state index in [0.717, 1.165) is 0 Å².